The van der Waals surface area contributed by atoms with E-state index in [1.165, 1.54) is 0 Å². The largest absolute Gasteiger partial charge is 0.379 e. The molecular weight excluding hydrogens is 350 g/mol. The number of hydrogen-bond acceptors (Lipinski definition) is 4. The Morgan fingerprint density at radius 2 is 1.96 bits per heavy atom. The van der Waals surface area contributed by atoms with Gasteiger partial charge in [-0.05, 0) is 42.3 Å². The van der Waals surface area contributed by atoms with Crippen molar-refractivity contribution < 1.29 is 9.53 Å². The zero-order valence-electron chi connectivity index (χ0n) is 14.7. The van der Waals surface area contributed by atoms with Crippen molar-refractivity contribution >= 4 is 17.5 Å². The van der Waals surface area contributed by atoms with E-state index in [2.05, 4.69) is 15.2 Å². The number of rotatable bonds is 7. The first kappa shape index (κ1) is 18.8. The molecule has 0 aliphatic carbocycles. The predicted octanol–water partition coefficient (Wildman–Crippen LogP) is 3.05. The van der Waals surface area contributed by atoms with Gasteiger partial charge in [-0.1, -0.05) is 29.8 Å². The molecule has 6 heteroatoms. The van der Waals surface area contributed by atoms with Crippen LogP contribution in [0, 0.1) is 0 Å². The molecule has 26 heavy (non-hydrogen) atoms. The van der Waals surface area contributed by atoms with Crippen LogP contribution in [0.15, 0.2) is 48.8 Å². The predicted molar refractivity (Wildman–Crippen MR) is 102 cm³/mol. The Kier molecular flexibility index (Phi) is 7.00. The van der Waals surface area contributed by atoms with Gasteiger partial charge in [0.15, 0.2) is 0 Å². The Balaban J connectivity index is 1.60. The maximum absolute atomic E-state index is 12.5. The number of halogens is 1. The number of aromatic nitrogens is 1. The van der Waals surface area contributed by atoms with Crippen LogP contribution in [0.25, 0.3) is 0 Å². The third-order valence-electron chi connectivity index (χ3n) is 4.51. The van der Waals surface area contributed by atoms with Gasteiger partial charge in [-0.3, -0.25) is 14.7 Å². The second-order valence-electron chi connectivity index (χ2n) is 6.40. The molecule has 2 aromatic rings. The molecule has 1 unspecified atom stereocenters. The Bertz CT molecular complexity index is 688. The third kappa shape index (κ3) is 5.53. The summed E-state index contributed by atoms with van der Waals surface area (Å²) >= 11 is 6.00. The van der Waals surface area contributed by atoms with Crippen molar-refractivity contribution in [2.75, 3.05) is 32.8 Å². The molecule has 1 saturated heterocycles. The lowest BCUT2D eigenvalue weighted by Gasteiger charge is -2.26. The molecule has 3 rings (SSSR count). The van der Waals surface area contributed by atoms with Crippen molar-refractivity contribution in [3.8, 4) is 0 Å². The molecule has 1 N–H and O–H groups in total. The molecule has 1 fully saturated rings. The minimum absolute atomic E-state index is 0.0436. The minimum Gasteiger partial charge on any atom is -0.379 e. The van der Waals surface area contributed by atoms with E-state index in [0.29, 0.717) is 11.4 Å². The zero-order valence-corrected chi connectivity index (χ0v) is 15.5. The lowest BCUT2D eigenvalue weighted by Crippen LogP contribution is -2.37. The van der Waals surface area contributed by atoms with E-state index in [0.717, 1.165) is 50.4 Å². The summed E-state index contributed by atoms with van der Waals surface area (Å²) in [6, 6.07) is 11.2. The van der Waals surface area contributed by atoms with Gasteiger partial charge in [0.2, 0.25) is 5.91 Å². The van der Waals surface area contributed by atoms with Crippen LogP contribution in [0.3, 0.4) is 0 Å². The Morgan fingerprint density at radius 1 is 1.19 bits per heavy atom. The summed E-state index contributed by atoms with van der Waals surface area (Å²) in [6.07, 6.45) is 4.85. The van der Waals surface area contributed by atoms with Gasteiger partial charge in [-0.25, -0.2) is 0 Å². The first-order valence-corrected chi connectivity index (χ1v) is 9.35. The van der Waals surface area contributed by atoms with E-state index < -0.39 is 0 Å². The number of nitrogens with zero attached hydrogens (tertiary/aromatic N) is 2. The van der Waals surface area contributed by atoms with E-state index >= 15 is 0 Å². The molecule has 0 saturated carbocycles. The highest BCUT2D eigenvalue weighted by atomic mass is 35.5. The van der Waals surface area contributed by atoms with Crippen molar-refractivity contribution in [2.24, 2.45) is 0 Å². The fourth-order valence-electron chi connectivity index (χ4n) is 3.08. The Morgan fingerprint density at radius 3 is 2.65 bits per heavy atom. The van der Waals surface area contributed by atoms with Crippen molar-refractivity contribution in [3.05, 3.63) is 64.9 Å². The highest BCUT2D eigenvalue weighted by Crippen LogP contribution is 2.23. The molecule has 1 aliphatic rings. The van der Waals surface area contributed by atoms with Gasteiger partial charge in [0.05, 0.1) is 19.3 Å². The molecule has 0 radical (unpaired) electrons. The maximum Gasteiger partial charge on any atom is 0.220 e. The monoisotopic (exact) mass is 373 g/mol. The van der Waals surface area contributed by atoms with Gasteiger partial charge in [-0.15, -0.1) is 0 Å². The summed E-state index contributed by atoms with van der Waals surface area (Å²) in [5.41, 5.74) is 1.94. The molecule has 0 spiro atoms. The summed E-state index contributed by atoms with van der Waals surface area (Å²) in [4.78, 5) is 19.0. The molecule has 1 aromatic carbocycles. The van der Waals surface area contributed by atoms with Crippen molar-refractivity contribution in [2.45, 2.75) is 18.9 Å². The second kappa shape index (κ2) is 9.67. The van der Waals surface area contributed by atoms with Gasteiger partial charge >= 0.3 is 0 Å². The standard InChI is InChI=1S/C20H24ClN3O2/c21-18-7-5-16(6-8-18)20(17-3-1-9-22-15-17)23-19(25)4-2-10-24-11-13-26-14-12-24/h1,3,5-9,15,20H,2,4,10-14H2,(H,23,25). The highest BCUT2D eigenvalue weighted by molar-refractivity contribution is 6.30. The van der Waals surface area contributed by atoms with Crippen LogP contribution in [-0.4, -0.2) is 48.6 Å². The lowest BCUT2D eigenvalue weighted by molar-refractivity contribution is -0.121. The van der Waals surface area contributed by atoms with Crippen LogP contribution in [0.5, 0.6) is 0 Å². The topological polar surface area (TPSA) is 54.5 Å². The van der Waals surface area contributed by atoms with Crippen LogP contribution in [0.2, 0.25) is 5.02 Å². The first-order valence-electron chi connectivity index (χ1n) is 8.97. The summed E-state index contributed by atoms with van der Waals surface area (Å²) in [6.45, 7) is 4.39. The van der Waals surface area contributed by atoms with Crippen LogP contribution in [0.1, 0.15) is 30.0 Å². The zero-order chi connectivity index (χ0) is 18.2. The number of amides is 1. The molecule has 0 bridgehead atoms. The highest BCUT2D eigenvalue weighted by Gasteiger charge is 2.17. The average Bonchev–Trinajstić information content (AvgIpc) is 2.68. The summed E-state index contributed by atoms with van der Waals surface area (Å²) in [7, 11) is 0. The fourth-order valence-corrected chi connectivity index (χ4v) is 3.21. The number of ether oxygens (including phenoxy) is 1. The van der Waals surface area contributed by atoms with Crippen molar-refractivity contribution in [1.29, 1.82) is 0 Å². The number of hydrogen-bond donors (Lipinski definition) is 1. The summed E-state index contributed by atoms with van der Waals surface area (Å²) in [5.74, 6) is 0.0436. The van der Waals surface area contributed by atoms with Crippen LogP contribution in [0.4, 0.5) is 0 Å². The number of morpholine rings is 1. The molecule has 138 valence electrons. The van der Waals surface area contributed by atoms with Crippen LogP contribution >= 0.6 is 11.6 Å². The average molecular weight is 374 g/mol. The first-order chi connectivity index (χ1) is 12.7. The third-order valence-corrected chi connectivity index (χ3v) is 4.76. The van der Waals surface area contributed by atoms with E-state index in [1.807, 2.05) is 36.4 Å². The van der Waals surface area contributed by atoms with Gasteiger partial charge in [0.1, 0.15) is 0 Å². The molecule has 1 aliphatic heterocycles. The van der Waals surface area contributed by atoms with E-state index in [4.69, 9.17) is 16.3 Å². The quantitative estimate of drug-likeness (QED) is 0.810. The number of pyridine rings is 1. The van der Waals surface area contributed by atoms with Gasteiger partial charge in [0, 0.05) is 36.9 Å². The van der Waals surface area contributed by atoms with Crippen molar-refractivity contribution in [3.63, 3.8) is 0 Å². The molecule has 5 nitrogen and oxygen atoms in total. The number of carbonyl (C=O) groups is 1. The van der Waals surface area contributed by atoms with Crippen molar-refractivity contribution in [1.82, 2.24) is 15.2 Å². The maximum atomic E-state index is 12.5. The fraction of sp³-hybridized carbons (Fsp3) is 0.400. The van der Waals surface area contributed by atoms with Gasteiger partial charge in [0.25, 0.3) is 0 Å². The minimum atomic E-state index is -0.225. The second-order valence-corrected chi connectivity index (χ2v) is 6.83. The molecule has 1 aromatic heterocycles. The van der Waals surface area contributed by atoms with E-state index in [-0.39, 0.29) is 11.9 Å². The smallest absolute Gasteiger partial charge is 0.220 e. The van der Waals surface area contributed by atoms with Crippen LogP contribution in [-0.2, 0) is 9.53 Å². The Hall–Kier alpha value is -1.95. The normalized spacial score (nSPS) is 16.2. The molecular formula is C20H24ClN3O2. The lowest BCUT2D eigenvalue weighted by atomic mass is 10.00. The summed E-state index contributed by atoms with van der Waals surface area (Å²) in [5, 5.41) is 3.82. The van der Waals surface area contributed by atoms with E-state index in [9.17, 15) is 4.79 Å². The van der Waals surface area contributed by atoms with E-state index in [1.54, 1.807) is 12.4 Å². The number of carbonyl (C=O) groups excluding carboxylic acids is 1. The molecule has 1 amide bonds. The van der Waals surface area contributed by atoms with Crippen LogP contribution < -0.4 is 5.32 Å². The summed E-state index contributed by atoms with van der Waals surface area (Å²) < 4.78 is 5.35. The number of nitrogens with one attached hydrogen (secondary N) is 1. The SMILES string of the molecule is O=C(CCCN1CCOCC1)NC(c1ccc(Cl)cc1)c1cccnc1. The molecule has 2 heterocycles. The van der Waals surface area contributed by atoms with Gasteiger partial charge < -0.3 is 10.1 Å². The Labute approximate surface area is 159 Å². The van der Waals surface area contributed by atoms with Gasteiger partial charge in [-0.2, -0.15) is 0 Å². The molecule has 1 atom stereocenters. The number of benzene rings is 1.